The van der Waals surface area contributed by atoms with Gasteiger partial charge in [0.25, 0.3) is 0 Å². The van der Waals surface area contributed by atoms with Crippen molar-refractivity contribution in [3.8, 4) is 11.1 Å². The lowest BCUT2D eigenvalue weighted by Crippen LogP contribution is -2.41. The highest BCUT2D eigenvalue weighted by Crippen LogP contribution is 2.41. The predicted molar refractivity (Wildman–Crippen MR) is 188 cm³/mol. The highest BCUT2D eigenvalue weighted by Gasteiger charge is 2.52. The lowest BCUT2D eigenvalue weighted by Gasteiger charge is -2.32. The molecular weight excluding hydrogens is 537 g/mol. The molecule has 0 saturated carbocycles. The number of benzene rings is 5. The van der Waals surface area contributed by atoms with E-state index < -0.39 is 18.3 Å². The van der Waals surface area contributed by atoms with E-state index in [0.717, 1.165) is 44.4 Å². The molecule has 0 atom stereocenters. The maximum absolute atomic E-state index is 6.49. The normalized spacial score (nSPS) is 15.7. The maximum atomic E-state index is 6.49. The third kappa shape index (κ3) is 5.43. The molecule has 5 aromatic carbocycles. The zero-order valence-corrected chi connectivity index (χ0v) is 26.0. The first-order valence-electron chi connectivity index (χ1n) is 15.1. The van der Waals surface area contributed by atoms with Crippen molar-refractivity contribution in [1.29, 1.82) is 0 Å². The van der Waals surface area contributed by atoms with Gasteiger partial charge in [-0.25, -0.2) is 0 Å². The quantitative estimate of drug-likeness (QED) is 0.136. The van der Waals surface area contributed by atoms with Crippen LogP contribution >= 0.6 is 0 Å². The Balaban J connectivity index is 1.49. The van der Waals surface area contributed by atoms with E-state index in [4.69, 9.17) is 9.31 Å². The standard InChI is InChI=1S/C40H38BNO2/c1-7-14-29(8-2)31-19-23-33(24-20-31)42(34-25-21-32(22-26-34)30-15-10-9-11-16-30)38-28-27-37(35-17-12-13-18-36(35)38)41-43-39(3,4)40(5,6)44-41/h7-28H,1-2H2,3-6H3/b29-14+. The Kier molecular flexibility index (Phi) is 7.90. The smallest absolute Gasteiger partial charge is 0.399 e. The van der Waals surface area contributed by atoms with Crippen molar-refractivity contribution in [2.45, 2.75) is 38.9 Å². The van der Waals surface area contributed by atoms with Crippen LogP contribution in [0.4, 0.5) is 17.1 Å². The molecule has 0 N–H and O–H groups in total. The molecule has 6 rings (SSSR count). The molecule has 0 aromatic heterocycles. The van der Waals surface area contributed by atoms with E-state index in [1.807, 2.05) is 18.2 Å². The molecule has 5 aromatic rings. The Hall–Kier alpha value is -4.64. The van der Waals surface area contributed by atoms with Gasteiger partial charge in [0.05, 0.1) is 16.9 Å². The van der Waals surface area contributed by atoms with Gasteiger partial charge in [-0.15, -0.1) is 0 Å². The molecule has 1 heterocycles. The van der Waals surface area contributed by atoms with Gasteiger partial charge in [0.15, 0.2) is 0 Å². The molecule has 1 saturated heterocycles. The maximum Gasteiger partial charge on any atom is 0.495 e. The molecule has 0 unspecified atom stereocenters. The van der Waals surface area contributed by atoms with E-state index >= 15 is 0 Å². The summed E-state index contributed by atoms with van der Waals surface area (Å²) in [6.45, 7) is 16.2. The number of anilines is 3. The Morgan fingerprint density at radius 1 is 0.636 bits per heavy atom. The average molecular weight is 576 g/mol. The van der Waals surface area contributed by atoms with Crippen molar-refractivity contribution in [1.82, 2.24) is 0 Å². The van der Waals surface area contributed by atoms with E-state index in [-0.39, 0.29) is 0 Å². The van der Waals surface area contributed by atoms with Gasteiger partial charge in [-0.1, -0.05) is 116 Å². The molecule has 44 heavy (non-hydrogen) atoms. The molecule has 0 bridgehead atoms. The summed E-state index contributed by atoms with van der Waals surface area (Å²) >= 11 is 0. The number of fused-ring (bicyclic) bond motifs is 1. The molecule has 0 spiro atoms. The number of rotatable bonds is 8. The lowest BCUT2D eigenvalue weighted by atomic mass is 9.75. The fraction of sp³-hybridized carbons (Fsp3) is 0.150. The summed E-state index contributed by atoms with van der Waals surface area (Å²) in [6, 6.07) is 40.7. The van der Waals surface area contributed by atoms with Crippen LogP contribution in [-0.2, 0) is 9.31 Å². The van der Waals surface area contributed by atoms with E-state index in [1.54, 1.807) is 6.08 Å². The van der Waals surface area contributed by atoms with Crippen LogP contribution < -0.4 is 10.4 Å². The molecular formula is C40H38BNO2. The van der Waals surface area contributed by atoms with Crippen molar-refractivity contribution >= 4 is 46.0 Å². The monoisotopic (exact) mass is 575 g/mol. The first-order chi connectivity index (χ1) is 21.2. The van der Waals surface area contributed by atoms with E-state index in [0.29, 0.717) is 0 Å². The molecule has 1 aliphatic heterocycles. The minimum absolute atomic E-state index is 0.421. The van der Waals surface area contributed by atoms with Crippen LogP contribution in [0.5, 0.6) is 0 Å². The second-order valence-corrected chi connectivity index (χ2v) is 12.2. The van der Waals surface area contributed by atoms with Crippen molar-refractivity contribution in [3.05, 3.63) is 152 Å². The molecule has 1 fully saturated rings. The molecule has 1 aliphatic rings. The third-order valence-corrected chi connectivity index (χ3v) is 8.89. The summed E-state index contributed by atoms with van der Waals surface area (Å²) in [6.07, 6.45) is 5.63. The van der Waals surface area contributed by atoms with E-state index in [9.17, 15) is 0 Å². The van der Waals surface area contributed by atoms with Crippen LogP contribution in [0.25, 0.3) is 27.5 Å². The topological polar surface area (TPSA) is 21.7 Å². The molecule has 218 valence electrons. The SMILES string of the molecule is C=C/C=C(\C=C)c1ccc(N(c2ccc(-c3ccccc3)cc2)c2ccc(B3OC(C)(C)C(C)(C)O3)c3ccccc23)cc1. The number of hydrogen-bond acceptors (Lipinski definition) is 3. The van der Waals surface area contributed by atoms with Gasteiger partial charge < -0.3 is 14.2 Å². The summed E-state index contributed by atoms with van der Waals surface area (Å²) in [5.74, 6) is 0. The fourth-order valence-corrected chi connectivity index (χ4v) is 5.75. The zero-order valence-electron chi connectivity index (χ0n) is 26.0. The predicted octanol–water partition coefficient (Wildman–Crippen LogP) is 10.0. The number of allylic oxidation sites excluding steroid dienone is 4. The van der Waals surface area contributed by atoms with Crippen molar-refractivity contribution in [3.63, 3.8) is 0 Å². The highest BCUT2D eigenvalue weighted by molar-refractivity contribution is 6.65. The molecule has 3 nitrogen and oxygen atoms in total. The average Bonchev–Trinajstić information content (AvgIpc) is 3.27. The van der Waals surface area contributed by atoms with Crippen LogP contribution in [-0.4, -0.2) is 18.3 Å². The Labute approximate surface area is 261 Å². The lowest BCUT2D eigenvalue weighted by molar-refractivity contribution is 0.00578. The van der Waals surface area contributed by atoms with Crippen molar-refractivity contribution in [2.24, 2.45) is 0 Å². The Morgan fingerprint density at radius 2 is 1.18 bits per heavy atom. The summed E-state index contributed by atoms with van der Waals surface area (Å²) in [5.41, 5.74) is 7.87. The fourth-order valence-electron chi connectivity index (χ4n) is 5.75. The highest BCUT2D eigenvalue weighted by atomic mass is 16.7. The molecule has 0 radical (unpaired) electrons. The first kappa shape index (κ1) is 29.4. The Morgan fingerprint density at radius 3 is 1.77 bits per heavy atom. The van der Waals surface area contributed by atoms with Crippen LogP contribution in [0, 0.1) is 0 Å². The van der Waals surface area contributed by atoms with Crippen LogP contribution in [0.1, 0.15) is 33.3 Å². The van der Waals surface area contributed by atoms with Crippen LogP contribution in [0.2, 0.25) is 0 Å². The minimum atomic E-state index is -0.453. The second-order valence-electron chi connectivity index (χ2n) is 12.2. The van der Waals surface area contributed by atoms with Gasteiger partial charge in [-0.2, -0.15) is 0 Å². The van der Waals surface area contributed by atoms with E-state index in [1.165, 1.54) is 11.1 Å². The zero-order chi connectivity index (χ0) is 30.9. The molecule has 4 heteroatoms. The minimum Gasteiger partial charge on any atom is -0.399 e. The number of nitrogens with zero attached hydrogens (tertiary/aromatic N) is 1. The van der Waals surface area contributed by atoms with Gasteiger partial charge in [0.1, 0.15) is 0 Å². The summed E-state index contributed by atoms with van der Waals surface area (Å²) < 4.78 is 13.0. The number of hydrogen-bond donors (Lipinski definition) is 0. The van der Waals surface area contributed by atoms with Crippen molar-refractivity contribution in [2.75, 3.05) is 4.90 Å². The van der Waals surface area contributed by atoms with Crippen molar-refractivity contribution < 1.29 is 9.31 Å². The van der Waals surface area contributed by atoms with Gasteiger partial charge in [0.2, 0.25) is 0 Å². The second kappa shape index (κ2) is 11.8. The van der Waals surface area contributed by atoms with Gasteiger partial charge >= 0.3 is 7.12 Å². The molecule has 0 aliphatic carbocycles. The van der Waals surface area contributed by atoms with Gasteiger partial charge in [0, 0.05) is 16.8 Å². The van der Waals surface area contributed by atoms with Crippen LogP contribution in [0.15, 0.2) is 147 Å². The summed E-state index contributed by atoms with van der Waals surface area (Å²) in [7, 11) is -0.453. The van der Waals surface area contributed by atoms with E-state index in [2.05, 4.69) is 155 Å². The Bertz CT molecular complexity index is 1820. The third-order valence-electron chi connectivity index (χ3n) is 8.89. The largest absolute Gasteiger partial charge is 0.495 e. The van der Waals surface area contributed by atoms with Crippen LogP contribution in [0.3, 0.4) is 0 Å². The summed E-state index contributed by atoms with van der Waals surface area (Å²) in [5, 5.41) is 2.23. The van der Waals surface area contributed by atoms with Gasteiger partial charge in [-0.3, -0.25) is 0 Å². The first-order valence-corrected chi connectivity index (χ1v) is 15.1. The molecule has 0 amide bonds. The summed E-state index contributed by atoms with van der Waals surface area (Å²) in [4.78, 5) is 2.32. The van der Waals surface area contributed by atoms with Gasteiger partial charge in [-0.05, 0) is 91.1 Å².